The van der Waals surface area contributed by atoms with Crippen molar-refractivity contribution < 1.29 is 15.3 Å². The van der Waals surface area contributed by atoms with Crippen molar-refractivity contribution in [3.05, 3.63) is 0 Å². The van der Waals surface area contributed by atoms with Crippen LogP contribution in [-0.2, 0) is 0 Å². The smallest absolute Gasteiger partial charge is 0.231 e. The molecular weight excluding hydrogens is 168 g/mol. The van der Waals surface area contributed by atoms with Crippen molar-refractivity contribution >= 4 is 0 Å². The topological polar surface area (TPSA) is 60.7 Å². The average molecular weight is 184 g/mol. The lowest BCUT2D eigenvalue weighted by molar-refractivity contribution is -0.133. The Morgan fingerprint density at radius 1 is 1.15 bits per heavy atom. The zero-order valence-corrected chi connectivity index (χ0v) is 7.66. The molecule has 0 aromatic heterocycles. The Morgan fingerprint density at radius 2 is 1.92 bits per heavy atom. The van der Waals surface area contributed by atoms with Crippen LogP contribution in [0.3, 0.4) is 0 Å². The van der Waals surface area contributed by atoms with Crippen molar-refractivity contribution in [2.24, 2.45) is 0 Å². The molecule has 3 nitrogen and oxygen atoms in total. The van der Waals surface area contributed by atoms with Gasteiger partial charge in [-0.25, -0.2) is 0 Å². The number of hydrogen-bond acceptors (Lipinski definition) is 3. The Labute approximate surface area is 78.4 Å². The Hall–Kier alpha value is -0.560. The molecule has 0 amide bonds. The van der Waals surface area contributed by atoms with Gasteiger partial charge < -0.3 is 15.3 Å². The highest BCUT2D eigenvalue weighted by Gasteiger charge is 2.24. The van der Waals surface area contributed by atoms with Crippen LogP contribution in [0, 0.1) is 11.8 Å². The molecule has 0 heterocycles. The highest BCUT2D eigenvalue weighted by Crippen LogP contribution is 2.15. The largest absolute Gasteiger partial charge is 0.393 e. The van der Waals surface area contributed by atoms with E-state index in [1.807, 2.05) is 0 Å². The first kappa shape index (κ1) is 10.5. The first-order chi connectivity index (χ1) is 6.10. The maximum Gasteiger partial charge on any atom is 0.231 e. The quantitative estimate of drug-likeness (QED) is 0.377. The molecule has 1 atom stereocenters. The van der Waals surface area contributed by atoms with E-state index in [1.165, 1.54) is 0 Å². The van der Waals surface area contributed by atoms with Crippen molar-refractivity contribution in [2.75, 3.05) is 0 Å². The van der Waals surface area contributed by atoms with Crippen LogP contribution in [0.15, 0.2) is 0 Å². The predicted molar refractivity (Wildman–Crippen MR) is 48.7 cm³/mol. The van der Waals surface area contributed by atoms with Gasteiger partial charge in [-0.1, -0.05) is 18.8 Å². The van der Waals surface area contributed by atoms with E-state index in [0.717, 1.165) is 19.3 Å². The highest BCUT2D eigenvalue weighted by molar-refractivity contribution is 5.09. The summed E-state index contributed by atoms with van der Waals surface area (Å²) in [5.74, 6) is 3.06. The standard InChI is InChI=1S/C10H16O3/c11-9-6-4-2-1-3-5-7-10(12,13)8-9/h9,11-13H,1-4,6,8H2. The van der Waals surface area contributed by atoms with Gasteiger partial charge >= 0.3 is 0 Å². The van der Waals surface area contributed by atoms with Crippen LogP contribution in [0.2, 0.25) is 0 Å². The number of aliphatic hydroxyl groups is 3. The fourth-order valence-corrected chi connectivity index (χ4v) is 1.46. The van der Waals surface area contributed by atoms with Gasteiger partial charge in [-0.2, -0.15) is 0 Å². The van der Waals surface area contributed by atoms with Gasteiger partial charge in [0.25, 0.3) is 0 Å². The van der Waals surface area contributed by atoms with E-state index >= 15 is 0 Å². The summed E-state index contributed by atoms with van der Waals surface area (Å²) in [5, 5.41) is 28.0. The molecule has 0 aromatic carbocycles. The van der Waals surface area contributed by atoms with E-state index in [2.05, 4.69) is 11.8 Å². The molecule has 74 valence electrons. The van der Waals surface area contributed by atoms with E-state index in [9.17, 15) is 15.3 Å². The van der Waals surface area contributed by atoms with Gasteiger partial charge in [-0.15, -0.1) is 0 Å². The highest BCUT2D eigenvalue weighted by atomic mass is 16.5. The SMILES string of the molecule is OC1CCCCCC#CC(O)(O)C1. The molecule has 3 N–H and O–H groups in total. The fourth-order valence-electron chi connectivity index (χ4n) is 1.46. The molecule has 0 aliphatic heterocycles. The molecule has 1 aliphatic carbocycles. The summed E-state index contributed by atoms with van der Waals surface area (Å²) in [7, 11) is 0. The molecule has 0 saturated heterocycles. The molecular formula is C10H16O3. The lowest BCUT2D eigenvalue weighted by Crippen LogP contribution is -2.31. The van der Waals surface area contributed by atoms with Crippen LogP contribution >= 0.6 is 0 Å². The normalized spacial score (nSPS) is 28.7. The molecule has 0 spiro atoms. The first-order valence-corrected chi connectivity index (χ1v) is 4.73. The Bertz CT molecular complexity index is 212. The molecule has 0 bridgehead atoms. The lowest BCUT2D eigenvalue weighted by Gasteiger charge is -2.19. The maximum atomic E-state index is 9.38. The van der Waals surface area contributed by atoms with E-state index in [-0.39, 0.29) is 6.42 Å². The van der Waals surface area contributed by atoms with Gasteiger partial charge in [-0.3, -0.25) is 0 Å². The molecule has 1 unspecified atom stereocenters. The summed E-state index contributed by atoms with van der Waals surface area (Å²) >= 11 is 0. The van der Waals surface area contributed by atoms with Gasteiger partial charge in [0.05, 0.1) is 6.10 Å². The number of aliphatic hydroxyl groups excluding tert-OH is 1. The summed E-state index contributed by atoms with van der Waals surface area (Å²) in [6.45, 7) is 0. The minimum atomic E-state index is -2.00. The molecule has 13 heavy (non-hydrogen) atoms. The monoisotopic (exact) mass is 184 g/mol. The van der Waals surface area contributed by atoms with Gasteiger partial charge in [0.15, 0.2) is 0 Å². The zero-order chi connectivity index (χ0) is 9.73. The minimum absolute atomic E-state index is 0.0694. The second kappa shape index (κ2) is 4.61. The third-order valence-corrected chi connectivity index (χ3v) is 2.15. The van der Waals surface area contributed by atoms with Crippen LogP contribution in [0.1, 0.15) is 38.5 Å². The lowest BCUT2D eigenvalue weighted by atomic mass is 10.0. The van der Waals surface area contributed by atoms with Gasteiger partial charge in [0.2, 0.25) is 5.79 Å². The van der Waals surface area contributed by atoms with Gasteiger partial charge in [0.1, 0.15) is 0 Å². The van der Waals surface area contributed by atoms with E-state index in [4.69, 9.17) is 0 Å². The third-order valence-electron chi connectivity index (χ3n) is 2.15. The van der Waals surface area contributed by atoms with Crippen LogP contribution in [0.4, 0.5) is 0 Å². The van der Waals surface area contributed by atoms with Gasteiger partial charge in [-0.05, 0) is 18.8 Å². The van der Waals surface area contributed by atoms with Gasteiger partial charge in [0, 0.05) is 12.8 Å². The molecule has 0 saturated carbocycles. The summed E-state index contributed by atoms with van der Waals surface area (Å²) in [5.41, 5.74) is 0. The first-order valence-electron chi connectivity index (χ1n) is 4.73. The third kappa shape index (κ3) is 4.28. The summed E-state index contributed by atoms with van der Waals surface area (Å²) in [6, 6.07) is 0. The fraction of sp³-hybridized carbons (Fsp3) is 0.800. The van der Waals surface area contributed by atoms with Crippen LogP contribution < -0.4 is 0 Å². The Balaban J connectivity index is 2.59. The maximum absolute atomic E-state index is 9.38. The van der Waals surface area contributed by atoms with E-state index < -0.39 is 11.9 Å². The summed E-state index contributed by atoms with van der Waals surface area (Å²) in [4.78, 5) is 0. The Morgan fingerprint density at radius 3 is 2.69 bits per heavy atom. The van der Waals surface area contributed by atoms with E-state index in [1.54, 1.807) is 0 Å². The van der Waals surface area contributed by atoms with E-state index in [0.29, 0.717) is 12.8 Å². The molecule has 0 fully saturated rings. The van der Waals surface area contributed by atoms with Crippen molar-refractivity contribution in [3.63, 3.8) is 0 Å². The van der Waals surface area contributed by atoms with Crippen LogP contribution in [0.25, 0.3) is 0 Å². The van der Waals surface area contributed by atoms with Crippen molar-refractivity contribution in [2.45, 2.75) is 50.4 Å². The molecule has 3 heteroatoms. The molecule has 1 rings (SSSR count). The molecule has 0 aromatic rings. The summed E-state index contributed by atoms with van der Waals surface area (Å²) in [6.07, 6.45) is 3.57. The number of hydrogen-bond donors (Lipinski definition) is 3. The predicted octanol–water partition coefficient (Wildman–Crippen LogP) is 0.386. The molecule has 0 radical (unpaired) electrons. The molecule has 1 aliphatic rings. The second-order valence-corrected chi connectivity index (χ2v) is 3.58. The summed E-state index contributed by atoms with van der Waals surface area (Å²) < 4.78 is 0. The minimum Gasteiger partial charge on any atom is -0.393 e. The van der Waals surface area contributed by atoms with Crippen LogP contribution in [-0.4, -0.2) is 27.2 Å². The number of rotatable bonds is 0. The van der Waals surface area contributed by atoms with Crippen LogP contribution in [0.5, 0.6) is 0 Å². The van der Waals surface area contributed by atoms with Crippen molar-refractivity contribution in [1.29, 1.82) is 0 Å². The second-order valence-electron chi connectivity index (χ2n) is 3.58. The van der Waals surface area contributed by atoms with Crippen molar-refractivity contribution in [1.82, 2.24) is 0 Å². The average Bonchev–Trinajstić information content (AvgIpc) is 2.01. The van der Waals surface area contributed by atoms with Crippen molar-refractivity contribution in [3.8, 4) is 11.8 Å². The Kier molecular flexibility index (Phi) is 3.73. The zero-order valence-electron chi connectivity index (χ0n) is 7.66.